The van der Waals surface area contributed by atoms with Gasteiger partial charge in [-0.05, 0) is 66.6 Å². The lowest BCUT2D eigenvalue weighted by Gasteiger charge is -2.36. The van der Waals surface area contributed by atoms with Gasteiger partial charge in [0.15, 0.2) is 0 Å². The second-order valence-electron chi connectivity index (χ2n) is 7.71. The van der Waals surface area contributed by atoms with E-state index in [-0.39, 0.29) is 17.3 Å². The van der Waals surface area contributed by atoms with Crippen LogP contribution in [0.4, 0.5) is 20.3 Å². The third kappa shape index (κ3) is 5.05. The van der Waals surface area contributed by atoms with Crippen LogP contribution in [-0.2, 0) is 16.6 Å². The van der Waals surface area contributed by atoms with E-state index in [1.165, 1.54) is 24.3 Å². The molecule has 1 saturated heterocycles. The summed E-state index contributed by atoms with van der Waals surface area (Å²) in [6.07, 6.45) is 1.65. The van der Waals surface area contributed by atoms with E-state index in [9.17, 15) is 17.2 Å². The number of rotatable bonds is 6. The molecular formula is C23H24F2N4O2S. The molecule has 0 atom stereocenters. The number of halogens is 2. The van der Waals surface area contributed by atoms with Gasteiger partial charge in [0.05, 0.1) is 4.90 Å². The summed E-state index contributed by atoms with van der Waals surface area (Å²) in [7, 11) is -3.85. The van der Waals surface area contributed by atoms with E-state index in [0.29, 0.717) is 5.56 Å². The van der Waals surface area contributed by atoms with Gasteiger partial charge in [-0.25, -0.2) is 26.9 Å². The van der Waals surface area contributed by atoms with Gasteiger partial charge in [0.2, 0.25) is 10.0 Å². The van der Waals surface area contributed by atoms with Gasteiger partial charge >= 0.3 is 0 Å². The van der Waals surface area contributed by atoms with Gasteiger partial charge in [-0.15, -0.1) is 0 Å². The molecule has 1 aromatic heterocycles. The quantitative estimate of drug-likeness (QED) is 0.613. The van der Waals surface area contributed by atoms with Crippen LogP contribution in [0.1, 0.15) is 11.1 Å². The van der Waals surface area contributed by atoms with Crippen molar-refractivity contribution >= 4 is 21.5 Å². The van der Waals surface area contributed by atoms with Crippen LogP contribution in [0.25, 0.3) is 0 Å². The lowest BCUT2D eigenvalue weighted by Crippen LogP contribution is -2.46. The van der Waals surface area contributed by atoms with Crippen molar-refractivity contribution in [2.24, 2.45) is 0 Å². The highest BCUT2D eigenvalue weighted by Gasteiger charge is 2.20. The Hall–Kier alpha value is -3.04. The van der Waals surface area contributed by atoms with Gasteiger partial charge < -0.3 is 9.80 Å². The first-order valence-corrected chi connectivity index (χ1v) is 11.8. The molecule has 32 heavy (non-hydrogen) atoms. The molecule has 1 N–H and O–H groups in total. The molecule has 2 heterocycles. The van der Waals surface area contributed by atoms with E-state index < -0.39 is 15.8 Å². The fraction of sp³-hybridized carbons (Fsp3) is 0.261. The number of nitrogens with one attached hydrogen (secondary N) is 1. The van der Waals surface area contributed by atoms with Crippen molar-refractivity contribution in [2.45, 2.75) is 18.4 Å². The molecule has 2 aromatic carbocycles. The number of aromatic nitrogens is 1. The summed E-state index contributed by atoms with van der Waals surface area (Å²) in [6, 6.07) is 13.8. The Labute approximate surface area is 186 Å². The van der Waals surface area contributed by atoms with E-state index in [2.05, 4.69) is 19.5 Å². The molecule has 0 bridgehead atoms. The second kappa shape index (κ2) is 9.22. The van der Waals surface area contributed by atoms with E-state index >= 15 is 0 Å². The number of hydrogen-bond donors (Lipinski definition) is 1. The molecule has 9 heteroatoms. The Morgan fingerprint density at radius 3 is 2.28 bits per heavy atom. The molecule has 0 spiro atoms. The van der Waals surface area contributed by atoms with Crippen LogP contribution in [0.5, 0.6) is 0 Å². The number of hydrogen-bond acceptors (Lipinski definition) is 5. The van der Waals surface area contributed by atoms with Crippen LogP contribution in [0.3, 0.4) is 0 Å². The number of anilines is 2. The predicted molar refractivity (Wildman–Crippen MR) is 120 cm³/mol. The van der Waals surface area contributed by atoms with Crippen LogP contribution in [0.2, 0.25) is 0 Å². The molecule has 168 valence electrons. The van der Waals surface area contributed by atoms with Crippen LogP contribution >= 0.6 is 0 Å². The second-order valence-corrected chi connectivity index (χ2v) is 9.44. The topological polar surface area (TPSA) is 65.5 Å². The number of sulfonamides is 1. The molecule has 0 amide bonds. The number of nitrogens with zero attached hydrogens (tertiary/aromatic N) is 3. The monoisotopic (exact) mass is 458 g/mol. The molecular weight excluding hydrogens is 434 g/mol. The van der Waals surface area contributed by atoms with E-state index in [1.807, 2.05) is 6.07 Å². The largest absolute Gasteiger partial charge is 0.368 e. The predicted octanol–water partition coefficient (Wildman–Crippen LogP) is 3.47. The number of piperazine rings is 1. The summed E-state index contributed by atoms with van der Waals surface area (Å²) < 4.78 is 54.5. The minimum atomic E-state index is -3.85. The van der Waals surface area contributed by atoms with Crippen molar-refractivity contribution in [1.82, 2.24) is 9.71 Å². The lowest BCUT2D eigenvalue weighted by atomic mass is 10.2. The van der Waals surface area contributed by atoms with Crippen molar-refractivity contribution in [1.29, 1.82) is 0 Å². The first-order valence-electron chi connectivity index (χ1n) is 10.3. The summed E-state index contributed by atoms with van der Waals surface area (Å²) in [6.45, 7) is 4.71. The summed E-state index contributed by atoms with van der Waals surface area (Å²) in [4.78, 5) is 8.69. The average Bonchev–Trinajstić information content (AvgIpc) is 2.80. The molecule has 0 saturated carbocycles. The Morgan fingerprint density at radius 1 is 0.906 bits per heavy atom. The van der Waals surface area contributed by atoms with Crippen LogP contribution in [0, 0.1) is 18.6 Å². The zero-order valence-electron chi connectivity index (χ0n) is 17.6. The van der Waals surface area contributed by atoms with Gasteiger partial charge in [0, 0.05) is 44.6 Å². The van der Waals surface area contributed by atoms with Gasteiger partial charge in [0.25, 0.3) is 0 Å². The van der Waals surface area contributed by atoms with E-state index in [4.69, 9.17) is 0 Å². The Morgan fingerprint density at radius 2 is 1.56 bits per heavy atom. The molecule has 0 radical (unpaired) electrons. The van der Waals surface area contributed by atoms with Crippen molar-refractivity contribution in [2.75, 3.05) is 36.0 Å². The minimum Gasteiger partial charge on any atom is -0.368 e. The minimum absolute atomic E-state index is 0.0660. The van der Waals surface area contributed by atoms with Crippen molar-refractivity contribution in [3.63, 3.8) is 0 Å². The van der Waals surface area contributed by atoms with Crippen molar-refractivity contribution < 1.29 is 17.2 Å². The third-order valence-electron chi connectivity index (χ3n) is 5.51. The van der Waals surface area contributed by atoms with Gasteiger partial charge in [-0.2, -0.15) is 0 Å². The Kier molecular flexibility index (Phi) is 6.38. The highest BCUT2D eigenvalue weighted by molar-refractivity contribution is 7.89. The van der Waals surface area contributed by atoms with Gasteiger partial charge in [-0.1, -0.05) is 6.07 Å². The zero-order chi connectivity index (χ0) is 22.7. The first kappa shape index (κ1) is 22.2. The molecule has 6 nitrogen and oxygen atoms in total. The highest BCUT2D eigenvalue weighted by atomic mass is 32.2. The fourth-order valence-corrected chi connectivity index (χ4v) is 4.98. The van der Waals surface area contributed by atoms with Crippen LogP contribution in [-0.4, -0.2) is 39.6 Å². The Balaban J connectivity index is 1.40. The SMILES string of the molecule is Cc1ccc(F)cc1S(=O)(=O)NCc1ccnc(N2CCN(c3ccc(F)cc3)CC2)c1. The lowest BCUT2D eigenvalue weighted by molar-refractivity contribution is 0.576. The molecule has 0 aliphatic carbocycles. The number of pyridine rings is 1. The smallest absolute Gasteiger partial charge is 0.241 e. The summed E-state index contributed by atoms with van der Waals surface area (Å²) >= 11 is 0. The number of benzene rings is 2. The summed E-state index contributed by atoms with van der Waals surface area (Å²) in [5.74, 6) is -0.0825. The van der Waals surface area contributed by atoms with Crippen molar-refractivity contribution in [3.8, 4) is 0 Å². The summed E-state index contributed by atoms with van der Waals surface area (Å²) in [5, 5.41) is 0. The molecule has 0 unspecified atom stereocenters. The fourth-order valence-electron chi connectivity index (χ4n) is 3.71. The molecule has 4 rings (SSSR count). The zero-order valence-corrected chi connectivity index (χ0v) is 18.4. The third-order valence-corrected chi connectivity index (χ3v) is 7.05. The molecule has 1 aliphatic rings. The van der Waals surface area contributed by atoms with Gasteiger partial charge in [-0.3, -0.25) is 0 Å². The number of aryl methyl sites for hydroxylation is 1. The normalized spacial score (nSPS) is 14.6. The maximum atomic E-state index is 13.5. The highest BCUT2D eigenvalue weighted by Crippen LogP contribution is 2.21. The van der Waals surface area contributed by atoms with Crippen LogP contribution < -0.4 is 14.5 Å². The summed E-state index contributed by atoms with van der Waals surface area (Å²) in [5.41, 5.74) is 2.22. The van der Waals surface area contributed by atoms with Gasteiger partial charge in [0.1, 0.15) is 17.5 Å². The van der Waals surface area contributed by atoms with Crippen molar-refractivity contribution in [3.05, 3.63) is 83.6 Å². The van der Waals surface area contributed by atoms with E-state index in [0.717, 1.165) is 49.3 Å². The maximum Gasteiger partial charge on any atom is 0.241 e. The maximum absolute atomic E-state index is 13.5. The van der Waals surface area contributed by atoms with Crippen LogP contribution in [0.15, 0.2) is 65.7 Å². The Bertz CT molecular complexity index is 1190. The average molecular weight is 459 g/mol. The molecule has 1 fully saturated rings. The molecule has 3 aromatic rings. The standard InChI is InChI=1S/C23H24F2N4O2S/c1-17-2-3-20(25)15-22(17)32(30,31)27-16-18-8-9-26-23(14-18)29-12-10-28(11-13-29)21-6-4-19(24)5-7-21/h2-9,14-15,27H,10-13,16H2,1H3. The van der Waals surface area contributed by atoms with E-state index in [1.54, 1.807) is 31.3 Å². The first-order chi connectivity index (χ1) is 15.3. The molecule has 1 aliphatic heterocycles.